The van der Waals surface area contributed by atoms with Crippen LogP contribution >= 0.6 is 15.9 Å². The number of rotatable bonds is 6. The van der Waals surface area contributed by atoms with Crippen LogP contribution in [0.4, 0.5) is 0 Å². The summed E-state index contributed by atoms with van der Waals surface area (Å²) in [5.74, 6) is 0.702. The molecule has 1 atom stereocenters. The van der Waals surface area contributed by atoms with Crippen LogP contribution in [0.25, 0.3) is 0 Å². The Morgan fingerprint density at radius 3 is 2.35 bits per heavy atom. The summed E-state index contributed by atoms with van der Waals surface area (Å²) in [5, 5.41) is 3.64. The molecule has 0 saturated heterocycles. The van der Waals surface area contributed by atoms with Crippen LogP contribution in [0.5, 0.6) is 0 Å². The maximum absolute atomic E-state index is 3.74. The van der Waals surface area contributed by atoms with Crippen LogP contribution in [0, 0.1) is 12.8 Å². The quantitative estimate of drug-likeness (QED) is 0.792. The molecule has 0 heterocycles. The van der Waals surface area contributed by atoms with E-state index in [-0.39, 0.29) is 0 Å². The van der Waals surface area contributed by atoms with Gasteiger partial charge in [-0.15, -0.1) is 0 Å². The average Bonchev–Trinajstić information content (AvgIpc) is 2.33. The molecule has 0 spiro atoms. The molecule has 1 aromatic rings. The Labute approximate surface area is 114 Å². The van der Waals surface area contributed by atoms with Gasteiger partial charge in [-0.1, -0.05) is 67.7 Å². The number of hydrogen-bond donors (Lipinski definition) is 1. The van der Waals surface area contributed by atoms with E-state index >= 15 is 0 Å². The van der Waals surface area contributed by atoms with Gasteiger partial charge in [-0.05, 0) is 30.5 Å². The van der Waals surface area contributed by atoms with Crippen molar-refractivity contribution in [3.63, 3.8) is 0 Å². The fourth-order valence-electron chi connectivity index (χ4n) is 2.42. The third kappa shape index (κ3) is 3.56. The Morgan fingerprint density at radius 2 is 1.82 bits per heavy atom. The van der Waals surface area contributed by atoms with E-state index < -0.39 is 0 Å². The Hall–Kier alpha value is -0.340. The SMILES string of the molecule is CCNC(c1cccc(C)c1Br)C(CC)CC. The van der Waals surface area contributed by atoms with Gasteiger partial charge in [0.1, 0.15) is 0 Å². The summed E-state index contributed by atoms with van der Waals surface area (Å²) >= 11 is 3.74. The van der Waals surface area contributed by atoms with E-state index in [1.165, 1.54) is 28.4 Å². The van der Waals surface area contributed by atoms with Crippen molar-refractivity contribution in [2.24, 2.45) is 5.92 Å². The maximum atomic E-state index is 3.74. The topological polar surface area (TPSA) is 12.0 Å². The second-order valence-electron chi connectivity index (χ2n) is 4.59. The molecule has 0 aliphatic carbocycles. The van der Waals surface area contributed by atoms with Crippen LogP contribution in [0.2, 0.25) is 0 Å². The number of halogens is 1. The molecule has 0 bridgehead atoms. The molecule has 17 heavy (non-hydrogen) atoms. The summed E-state index contributed by atoms with van der Waals surface area (Å²) in [4.78, 5) is 0. The van der Waals surface area contributed by atoms with Gasteiger partial charge in [0.05, 0.1) is 0 Å². The summed E-state index contributed by atoms with van der Waals surface area (Å²) in [6.45, 7) is 9.91. The van der Waals surface area contributed by atoms with Crippen LogP contribution in [0.1, 0.15) is 50.8 Å². The molecule has 0 radical (unpaired) electrons. The smallest absolute Gasteiger partial charge is 0.0359 e. The van der Waals surface area contributed by atoms with Gasteiger partial charge >= 0.3 is 0 Å². The highest BCUT2D eigenvalue weighted by Gasteiger charge is 2.21. The van der Waals surface area contributed by atoms with Gasteiger partial charge in [0.15, 0.2) is 0 Å². The zero-order chi connectivity index (χ0) is 12.8. The standard InChI is InChI=1S/C15H24BrN/c1-5-12(6-2)15(17-7-3)13-10-8-9-11(4)14(13)16/h8-10,12,15,17H,5-7H2,1-4H3. The van der Waals surface area contributed by atoms with E-state index in [1.807, 2.05) is 0 Å². The van der Waals surface area contributed by atoms with Gasteiger partial charge in [-0.2, -0.15) is 0 Å². The van der Waals surface area contributed by atoms with Crippen molar-refractivity contribution in [1.82, 2.24) is 5.32 Å². The summed E-state index contributed by atoms with van der Waals surface area (Å²) < 4.78 is 1.26. The average molecular weight is 298 g/mol. The van der Waals surface area contributed by atoms with Crippen molar-refractivity contribution in [1.29, 1.82) is 0 Å². The summed E-state index contributed by atoms with van der Waals surface area (Å²) in [6.07, 6.45) is 2.43. The lowest BCUT2D eigenvalue weighted by Crippen LogP contribution is -2.28. The first-order valence-corrected chi connectivity index (χ1v) is 7.43. The second-order valence-corrected chi connectivity index (χ2v) is 5.38. The summed E-state index contributed by atoms with van der Waals surface area (Å²) in [7, 11) is 0. The number of aryl methyl sites for hydroxylation is 1. The zero-order valence-electron chi connectivity index (χ0n) is 11.4. The lowest BCUT2D eigenvalue weighted by molar-refractivity contribution is 0.345. The zero-order valence-corrected chi connectivity index (χ0v) is 13.0. The van der Waals surface area contributed by atoms with Gasteiger partial charge in [0.2, 0.25) is 0 Å². The Morgan fingerprint density at radius 1 is 1.18 bits per heavy atom. The highest BCUT2D eigenvalue weighted by atomic mass is 79.9. The molecule has 1 unspecified atom stereocenters. The molecular weight excluding hydrogens is 274 g/mol. The fourth-order valence-corrected chi connectivity index (χ4v) is 2.93. The summed E-state index contributed by atoms with van der Waals surface area (Å²) in [6, 6.07) is 7.01. The van der Waals surface area contributed by atoms with Crippen molar-refractivity contribution < 1.29 is 0 Å². The first-order chi connectivity index (χ1) is 8.15. The predicted molar refractivity (Wildman–Crippen MR) is 79.4 cm³/mol. The molecule has 1 rings (SSSR count). The molecule has 1 aromatic carbocycles. The van der Waals surface area contributed by atoms with Crippen LogP contribution in [-0.4, -0.2) is 6.54 Å². The molecule has 0 aliphatic rings. The third-order valence-corrected chi connectivity index (χ3v) is 4.58. The molecule has 96 valence electrons. The van der Waals surface area contributed by atoms with Gasteiger partial charge < -0.3 is 5.32 Å². The Balaban J connectivity index is 3.08. The van der Waals surface area contributed by atoms with E-state index in [4.69, 9.17) is 0 Å². The van der Waals surface area contributed by atoms with E-state index in [0.29, 0.717) is 12.0 Å². The number of nitrogens with one attached hydrogen (secondary N) is 1. The first kappa shape index (κ1) is 14.7. The van der Waals surface area contributed by atoms with Crippen LogP contribution in [0.3, 0.4) is 0 Å². The molecule has 0 amide bonds. The van der Waals surface area contributed by atoms with Gasteiger partial charge in [-0.25, -0.2) is 0 Å². The van der Waals surface area contributed by atoms with Crippen molar-refractivity contribution in [3.8, 4) is 0 Å². The van der Waals surface area contributed by atoms with Crippen molar-refractivity contribution >= 4 is 15.9 Å². The molecule has 1 N–H and O–H groups in total. The highest BCUT2D eigenvalue weighted by molar-refractivity contribution is 9.10. The molecule has 1 nitrogen and oxygen atoms in total. The highest BCUT2D eigenvalue weighted by Crippen LogP contribution is 2.33. The van der Waals surface area contributed by atoms with E-state index in [1.54, 1.807) is 0 Å². The predicted octanol–water partition coefficient (Wildman–Crippen LogP) is 4.84. The number of hydrogen-bond acceptors (Lipinski definition) is 1. The monoisotopic (exact) mass is 297 g/mol. The normalized spacial score (nSPS) is 13.1. The van der Waals surface area contributed by atoms with Crippen LogP contribution in [0.15, 0.2) is 22.7 Å². The van der Waals surface area contributed by atoms with Crippen molar-refractivity contribution in [2.75, 3.05) is 6.54 Å². The Bertz CT molecular complexity index is 345. The summed E-state index contributed by atoms with van der Waals surface area (Å²) in [5.41, 5.74) is 2.72. The maximum Gasteiger partial charge on any atom is 0.0359 e. The molecule has 0 aromatic heterocycles. The van der Waals surface area contributed by atoms with E-state index in [2.05, 4.69) is 67.1 Å². The molecule has 0 aliphatic heterocycles. The molecule has 2 heteroatoms. The Kier molecular flexibility index (Phi) is 6.21. The second kappa shape index (κ2) is 7.17. The van der Waals surface area contributed by atoms with Gasteiger partial charge in [0, 0.05) is 10.5 Å². The van der Waals surface area contributed by atoms with E-state index in [0.717, 1.165) is 6.54 Å². The lowest BCUT2D eigenvalue weighted by Gasteiger charge is -2.28. The lowest BCUT2D eigenvalue weighted by atomic mass is 9.88. The minimum Gasteiger partial charge on any atom is -0.310 e. The van der Waals surface area contributed by atoms with Crippen LogP contribution in [-0.2, 0) is 0 Å². The third-order valence-electron chi connectivity index (χ3n) is 3.50. The first-order valence-electron chi connectivity index (χ1n) is 6.64. The largest absolute Gasteiger partial charge is 0.310 e. The fraction of sp³-hybridized carbons (Fsp3) is 0.600. The van der Waals surface area contributed by atoms with Gasteiger partial charge in [0.25, 0.3) is 0 Å². The minimum absolute atomic E-state index is 0.462. The minimum atomic E-state index is 0.462. The van der Waals surface area contributed by atoms with Crippen LogP contribution < -0.4 is 5.32 Å². The molecule has 0 saturated carbocycles. The van der Waals surface area contributed by atoms with Crippen molar-refractivity contribution in [3.05, 3.63) is 33.8 Å². The molecular formula is C15H24BrN. The van der Waals surface area contributed by atoms with Crippen molar-refractivity contribution in [2.45, 2.75) is 46.6 Å². The molecule has 0 fully saturated rings. The number of benzene rings is 1. The van der Waals surface area contributed by atoms with E-state index in [9.17, 15) is 0 Å². The van der Waals surface area contributed by atoms with Gasteiger partial charge in [-0.3, -0.25) is 0 Å².